The summed E-state index contributed by atoms with van der Waals surface area (Å²) in [5.74, 6) is -1.45. The number of benzene rings is 5. The predicted octanol–water partition coefficient (Wildman–Crippen LogP) is 6.11. The van der Waals surface area contributed by atoms with Crippen molar-refractivity contribution in [1.82, 2.24) is 21.3 Å². The van der Waals surface area contributed by atoms with E-state index in [0.29, 0.717) is 63.0 Å². The number of nitrogens with one attached hydrogen (secondary N) is 4. The molecule has 2 atom stereocenters. The maximum Gasteiger partial charge on any atom is 0.251 e. The van der Waals surface area contributed by atoms with E-state index in [4.69, 9.17) is 11.5 Å². The Morgan fingerprint density at radius 2 is 0.768 bits per heavy atom. The molecule has 56 heavy (non-hydrogen) atoms. The summed E-state index contributed by atoms with van der Waals surface area (Å²) in [7, 11) is 0. The number of hydrogen-bond donors (Lipinski definition) is 6. The minimum absolute atomic E-state index is 0.290. The highest BCUT2D eigenvalue weighted by Crippen LogP contribution is 2.20. The van der Waals surface area contributed by atoms with E-state index < -0.39 is 23.9 Å². The summed E-state index contributed by atoms with van der Waals surface area (Å²) >= 11 is 0. The van der Waals surface area contributed by atoms with Crippen molar-refractivity contribution in [3.8, 4) is 22.3 Å². The lowest BCUT2D eigenvalue weighted by atomic mass is 10.0. The van der Waals surface area contributed by atoms with Crippen molar-refractivity contribution in [2.45, 2.75) is 63.7 Å². The number of amides is 4. The standard InChI is InChI=1S/C46H52N6O4/c47-29-9-7-15-41(45(55)49-31-33-17-21-37(22-18-33)35-11-3-1-4-12-35)51-43(53)39-25-27-40(28-26-39)44(54)52-42(16-8-10-30-48)46(56)50-32-34-19-23-38(24-20-34)36-13-5-2-6-14-36/h1-6,11-14,17-28,41-42H,7-10,15-16,29-32,47-48H2,(H,49,55)(H,50,56)(H,51,53)(H,52,54)/t41-,42-/m0/s1. The molecule has 0 aliphatic rings. The molecule has 5 rings (SSSR count). The van der Waals surface area contributed by atoms with E-state index in [1.165, 1.54) is 24.3 Å². The minimum Gasteiger partial charge on any atom is -0.350 e. The molecule has 290 valence electrons. The number of nitrogens with two attached hydrogens (primary N) is 2. The van der Waals surface area contributed by atoms with Crippen LogP contribution in [-0.2, 0) is 22.7 Å². The lowest BCUT2D eigenvalue weighted by Crippen LogP contribution is -2.47. The van der Waals surface area contributed by atoms with Gasteiger partial charge in [-0.15, -0.1) is 0 Å². The summed E-state index contributed by atoms with van der Waals surface area (Å²) in [5, 5.41) is 11.7. The van der Waals surface area contributed by atoms with Gasteiger partial charge in [-0.05, 0) is 109 Å². The van der Waals surface area contributed by atoms with Crippen molar-refractivity contribution in [3.05, 3.63) is 156 Å². The van der Waals surface area contributed by atoms with Crippen LogP contribution in [0.5, 0.6) is 0 Å². The summed E-state index contributed by atoms with van der Waals surface area (Å²) in [5.41, 5.74) is 18.3. The zero-order valence-corrected chi connectivity index (χ0v) is 31.7. The van der Waals surface area contributed by atoms with Crippen LogP contribution in [-0.4, -0.2) is 48.8 Å². The monoisotopic (exact) mass is 752 g/mol. The van der Waals surface area contributed by atoms with Gasteiger partial charge in [0, 0.05) is 24.2 Å². The molecule has 5 aromatic rings. The Kier molecular flexibility index (Phi) is 15.9. The average molecular weight is 753 g/mol. The van der Waals surface area contributed by atoms with Gasteiger partial charge in [-0.25, -0.2) is 0 Å². The van der Waals surface area contributed by atoms with E-state index in [0.717, 1.165) is 46.2 Å². The molecular formula is C46H52N6O4. The Hall–Kier alpha value is -6.10. The quantitative estimate of drug-likeness (QED) is 0.0525. The van der Waals surface area contributed by atoms with Crippen LogP contribution < -0.4 is 32.7 Å². The molecule has 0 saturated carbocycles. The first-order valence-electron chi connectivity index (χ1n) is 19.3. The van der Waals surface area contributed by atoms with Crippen LogP contribution in [0.25, 0.3) is 22.3 Å². The molecule has 0 aliphatic carbocycles. The van der Waals surface area contributed by atoms with Crippen LogP contribution in [0, 0.1) is 0 Å². The SMILES string of the molecule is NCCCC[C@H](NC(=O)c1ccc(C(=O)N[C@@H](CCCCN)C(=O)NCc2ccc(-c3ccccc3)cc2)cc1)C(=O)NCc1ccc(-c2ccccc2)cc1. The molecule has 0 unspecified atom stereocenters. The van der Waals surface area contributed by atoms with Crippen LogP contribution in [0.15, 0.2) is 133 Å². The first-order valence-corrected chi connectivity index (χ1v) is 19.3. The van der Waals surface area contributed by atoms with Gasteiger partial charge in [0.1, 0.15) is 12.1 Å². The third kappa shape index (κ3) is 12.5. The normalized spacial score (nSPS) is 11.9. The summed E-state index contributed by atoms with van der Waals surface area (Å²) in [4.78, 5) is 53.3. The van der Waals surface area contributed by atoms with Gasteiger partial charge < -0.3 is 32.7 Å². The van der Waals surface area contributed by atoms with Crippen molar-refractivity contribution in [2.75, 3.05) is 13.1 Å². The Balaban J connectivity index is 1.15. The third-order valence-electron chi connectivity index (χ3n) is 9.60. The second-order valence-corrected chi connectivity index (χ2v) is 13.8. The van der Waals surface area contributed by atoms with Crippen molar-refractivity contribution in [2.24, 2.45) is 11.5 Å². The number of carbonyl (C=O) groups is 4. The van der Waals surface area contributed by atoms with Crippen molar-refractivity contribution in [3.63, 3.8) is 0 Å². The first-order chi connectivity index (χ1) is 27.3. The van der Waals surface area contributed by atoms with Gasteiger partial charge in [-0.1, -0.05) is 109 Å². The maximum absolute atomic E-state index is 13.3. The maximum atomic E-state index is 13.3. The highest BCUT2D eigenvalue weighted by Gasteiger charge is 2.23. The van der Waals surface area contributed by atoms with Crippen LogP contribution in [0.3, 0.4) is 0 Å². The molecule has 0 radical (unpaired) electrons. The lowest BCUT2D eigenvalue weighted by Gasteiger charge is -2.19. The topological polar surface area (TPSA) is 168 Å². The van der Waals surface area contributed by atoms with Gasteiger partial charge in [0.25, 0.3) is 11.8 Å². The van der Waals surface area contributed by atoms with E-state index in [2.05, 4.69) is 21.3 Å². The zero-order valence-electron chi connectivity index (χ0n) is 31.7. The van der Waals surface area contributed by atoms with Crippen LogP contribution >= 0.6 is 0 Å². The van der Waals surface area contributed by atoms with Gasteiger partial charge >= 0.3 is 0 Å². The van der Waals surface area contributed by atoms with E-state index in [1.54, 1.807) is 0 Å². The molecule has 0 bridgehead atoms. The molecule has 0 aliphatic heterocycles. The molecule has 0 fully saturated rings. The Morgan fingerprint density at radius 3 is 1.11 bits per heavy atom. The summed E-state index contributed by atoms with van der Waals surface area (Å²) < 4.78 is 0. The average Bonchev–Trinajstić information content (AvgIpc) is 3.25. The molecule has 0 aromatic heterocycles. The Morgan fingerprint density at radius 1 is 0.429 bits per heavy atom. The highest BCUT2D eigenvalue weighted by atomic mass is 16.2. The second-order valence-electron chi connectivity index (χ2n) is 13.8. The fraction of sp³-hybridized carbons (Fsp3) is 0.261. The molecule has 4 amide bonds. The molecule has 0 spiro atoms. The van der Waals surface area contributed by atoms with Crippen LogP contribution in [0.1, 0.15) is 70.4 Å². The van der Waals surface area contributed by atoms with E-state index in [-0.39, 0.29) is 11.8 Å². The molecule has 10 nitrogen and oxygen atoms in total. The molecular weight excluding hydrogens is 701 g/mol. The predicted molar refractivity (Wildman–Crippen MR) is 222 cm³/mol. The zero-order chi connectivity index (χ0) is 39.5. The van der Waals surface area contributed by atoms with Gasteiger partial charge in [0.2, 0.25) is 11.8 Å². The van der Waals surface area contributed by atoms with Gasteiger partial charge in [0.05, 0.1) is 0 Å². The molecule has 0 saturated heterocycles. The van der Waals surface area contributed by atoms with Crippen LogP contribution in [0.2, 0.25) is 0 Å². The van der Waals surface area contributed by atoms with Gasteiger partial charge in [-0.2, -0.15) is 0 Å². The van der Waals surface area contributed by atoms with Gasteiger partial charge in [-0.3, -0.25) is 19.2 Å². The molecule has 0 heterocycles. The fourth-order valence-corrected chi connectivity index (χ4v) is 6.30. The summed E-state index contributed by atoms with van der Waals surface area (Å²) in [6.07, 6.45) is 3.62. The van der Waals surface area contributed by atoms with Crippen molar-refractivity contribution >= 4 is 23.6 Å². The van der Waals surface area contributed by atoms with E-state index >= 15 is 0 Å². The third-order valence-corrected chi connectivity index (χ3v) is 9.60. The molecule has 8 N–H and O–H groups in total. The van der Waals surface area contributed by atoms with Crippen molar-refractivity contribution in [1.29, 1.82) is 0 Å². The smallest absolute Gasteiger partial charge is 0.251 e. The summed E-state index contributed by atoms with van der Waals surface area (Å²) in [6, 6.07) is 40.7. The fourth-order valence-electron chi connectivity index (χ4n) is 6.30. The number of unbranched alkanes of at least 4 members (excludes halogenated alkanes) is 2. The number of rotatable bonds is 20. The first kappa shape index (κ1) is 41.1. The number of carbonyl (C=O) groups excluding carboxylic acids is 4. The lowest BCUT2D eigenvalue weighted by molar-refractivity contribution is -0.124. The minimum atomic E-state index is -0.768. The Labute approximate surface area is 329 Å². The summed E-state index contributed by atoms with van der Waals surface area (Å²) in [6.45, 7) is 1.60. The number of hydrogen-bond acceptors (Lipinski definition) is 6. The van der Waals surface area contributed by atoms with Crippen LogP contribution in [0.4, 0.5) is 0 Å². The van der Waals surface area contributed by atoms with Crippen molar-refractivity contribution < 1.29 is 19.2 Å². The molecule has 5 aromatic carbocycles. The van der Waals surface area contributed by atoms with Gasteiger partial charge in [0.15, 0.2) is 0 Å². The molecule has 10 heteroatoms. The van der Waals surface area contributed by atoms with E-state index in [9.17, 15) is 19.2 Å². The Bertz CT molecular complexity index is 1840. The highest BCUT2D eigenvalue weighted by molar-refractivity contribution is 6.00. The second kappa shape index (κ2) is 21.7. The largest absolute Gasteiger partial charge is 0.350 e. The van der Waals surface area contributed by atoms with E-state index in [1.807, 2.05) is 109 Å².